The first-order valence-corrected chi connectivity index (χ1v) is 5.48. The lowest BCUT2D eigenvalue weighted by atomic mass is 10.0. The molecule has 1 N–H and O–H groups in total. The predicted molar refractivity (Wildman–Crippen MR) is 56.3 cm³/mol. The molecule has 1 aromatic rings. The molecule has 0 spiro atoms. The van der Waals surface area contributed by atoms with Crippen LogP contribution in [0.3, 0.4) is 0 Å². The Hall–Kier alpha value is -1.29. The summed E-state index contributed by atoms with van der Waals surface area (Å²) in [4.78, 5) is 11.7. The van der Waals surface area contributed by atoms with Gasteiger partial charge in [-0.1, -0.05) is 0 Å². The number of nitrogens with one attached hydrogen (secondary N) is 1. The van der Waals surface area contributed by atoms with Gasteiger partial charge in [-0.25, -0.2) is 5.01 Å². The molecule has 4 nitrogen and oxygen atoms in total. The molecule has 0 atom stereocenters. The largest absolute Gasteiger partial charge is 0.350 e. The van der Waals surface area contributed by atoms with Gasteiger partial charge in [0.05, 0.1) is 5.56 Å². The van der Waals surface area contributed by atoms with E-state index >= 15 is 0 Å². The molecule has 0 aromatic carbocycles. The lowest BCUT2D eigenvalue weighted by molar-refractivity contribution is 0.0787. The number of fused-ring (bicyclic) bond motifs is 3. The molecule has 0 fully saturated rings. The van der Waals surface area contributed by atoms with Gasteiger partial charge in [-0.2, -0.15) is 0 Å². The summed E-state index contributed by atoms with van der Waals surface area (Å²) < 4.78 is 2.26. The molecule has 0 unspecified atom stereocenters. The van der Waals surface area contributed by atoms with Crippen LogP contribution < -0.4 is 5.43 Å². The standard InChI is InChI=1S/C11H15N3O/c1-13-6-8-9(11(15)12-13)7-14-5-3-2-4-10(8)14/h7H,2-6H2,1H3,(H,12,15). The van der Waals surface area contributed by atoms with Gasteiger partial charge in [-0.15, -0.1) is 0 Å². The molecule has 1 amide bonds. The molecule has 0 bridgehead atoms. The van der Waals surface area contributed by atoms with Gasteiger partial charge in [0, 0.05) is 37.6 Å². The van der Waals surface area contributed by atoms with Crippen molar-refractivity contribution in [2.45, 2.75) is 32.4 Å². The zero-order chi connectivity index (χ0) is 10.4. The van der Waals surface area contributed by atoms with Gasteiger partial charge in [-0.05, 0) is 19.3 Å². The third-order valence-corrected chi connectivity index (χ3v) is 3.30. The molecule has 15 heavy (non-hydrogen) atoms. The Kier molecular flexibility index (Phi) is 1.85. The highest BCUT2D eigenvalue weighted by Gasteiger charge is 2.27. The average molecular weight is 205 g/mol. The summed E-state index contributed by atoms with van der Waals surface area (Å²) in [5, 5.41) is 1.86. The Balaban J connectivity index is 2.12. The van der Waals surface area contributed by atoms with Gasteiger partial charge < -0.3 is 4.57 Å². The summed E-state index contributed by atoms with van der Waals surface area (Å²) in [5.74, 6) is 0.0423. The SMILES string of the molecule is CN1Cc2c(cn3c2CCCC3)C(=O)N1. The number of carbonyl (C=O) groups excluding carboxylic acids is 1. The van der Waals surface area contributed by atoms with Crippen LogP contribution in [0, 0.1) is 0 Å². The van der Waals surface area contributed by atoms with Crippen molar-refractivity contribution in [2.24, 2.45) is 0 Å². The van der Waals surface area contributed by atoms with E-state index in [1.165, 1.54) is 24.1 Å². The maximum Gasteiger partial charge on any atom is 0.267 e. The van der Waals surface area contributed by atoms with Crippen molar-refractivity contribution in [1.29, 1.82) is 0 Å². The molecular formula is C11H15N3O. The number of nitrogens with zero attached hydrogens (tertiary/aromatic N) is 2. The van der Waals surface area contributed by atoms with Crippen LogP contribution >= 0.6 is 0 Å². The molecule has 3 heterocycles. The number of aryl methyl sites for hydroxylation is 1. The fourth-order valence-electron chi connectivity index (χ4n) is 2.59. The quantitative estimate of drug-likeness (QED) is 0.683. The minimum atomic E-state index is 0.0423. The summed E-state index contributed by atoms with van der Waals surface area (Å²) in [5.41, 5.74) is 6.32. The van der Waals surface area contributed by atoms with E-state index < -0.39 is 0 Å². The second-order valence-electron chi connectivity index (χ2n) is 4.42. The molecule has 4 heteroatoms. The van der Waals surface area contributed by atoms with E-state index in [0.29, 0.717) is 0 Å². The van der Waals surface area contributed by atoms with Crippen LogP contribution in [0.15, 0.2) is 6.20 Å². The summed E-state index contributed by atoms with van der Waals surface area (Å²) in [6.45, 7) is 1.91. The van der Waals surface area contributed by atoms with E-state index in [2.05, 4.69) is 9.99 Å². The molecule has 0 radical (unpaired) electrons. The van der Waals surface area contributed by atoms with E-state index in [1.54, 1.807) is 0 Å². The number of rotatable bonds is 0. The van der Waals surface area contributed by atoms with E-state index in [4.69, 9.17) is 0 Å². The van der Waals surface area contributed by atoms with Gasteiger partial charge in [0.1, 0.15) is 0 Å². The van der Waals surface area contributed by atoms with Crippen LogP contribution in [0.1, 0.15) is 34.5 Å². The summed E-state index contributed by atoms with van der Waals surface area (Å²) in [7, 11) is 1.91. The molecule has 80 valence electrons. The van der Waals surface area contributed by atoms with Crippen LogP contribution in [-0.2, 0) is 19.5 Å². The number of carbonyl (C=O) groups is 1. The molecule has 3 rings (SSSR count). The van der Waals surface area contributed by atoms with Crippen LogP contribution in [-0.4, -0.2) is 22.5 Å². The van der Waals surface area contributed by atoms with Crippen molar-refractivity contribution in [2.75, 3.05) is 7.05 Å². The van der Waals surface area contributed by atoms with Crippen LogP contribution in [0.5, 0.6) is 0 Å². The molecule has 0 saturated carbocycles. The van der Waals surface area contributed by atoms with Gasteiger partial charge in [0.2, 0.25) is 0 Å². The topological polar surface area (TPSA) is 37.3 Å². The molecule has 0 saturated heterocycles. The second kappa shape index (κ2) is 3.10. The van der Waals surface area contributed by atoms with Crippen molar-refractivity contribution < 1.29 is 4.79 Å². The van der Waals surface area contributed by atoms with Crippen LogP contribution in [0.4, 0.5) is 0 Å². The van der Waals surface area contributed by atoms with Crippen molar-refractivity contribution in [1.82, 2.24) is 15.0 Å². The third kappa shape index (κ3) is 1.28. The van der Waals surface area contributed by atoms with Gasteiger partial charge in [-0.3, -0.25) is 10.2 Å². The molecule has 2 aliphatic rings. The third-order valence-electron chi connectivity index (χ3n) is 3.30. The van der Waals surface area contributed by atoms with Crippen molar-refractivity contribution >= 4 is 5.91 Å². The number of hydrogen-bond donors (Lipinski definition) is 1. The maximum absolute atomic E-state index is 11.7. The Morgan fingerprint density at radius 3 is 3.13 bits per heavy atom. The van der Waals surface area contributed by atoms with Crippen LogP contribution in [0.2, 0.25) is 0 Å². The zero-order valence-corrected chi connectivity index (χ0v) is 8.92. The van der Waals surface area contributed by atoms with Gasteiger partial charge in [0.25, 0.3) is 5.91 Å². The summed E-state index contributed by atoms with van der Waals surface area (Å²) >= 11 is 0. The summed E-state index contributed by atoms with van der Waals surface area (Å²) in [6, 6.07) is 0. The summed E-state index contributed by atoms with van der Waals surface area (Å²) in [6.07, 6.45) is 5.63. The molecule has 0 aliphatic carbocycles. The highest BCUT2D eigenvalue weighted by atomic mass is 16.2. The van der Waals surface area contributed by atoms with E-state index in [9.17, 15) is 4.79 Å². The first kappa shape index (κ1) is 8.97. The number of hydrogen-bond acceptors (Lipinski definition) is 2. The fraction of sp³-hybridized carbons (Fsp3) is 0.545. The minimum absolute atomic E-state index is 0.0423. The number of hydrazine groups is 1. The molecule has 1 aromatic heterocycles. The first-order valence-electron chi connectivity index (χ1n) is 5.48. The Morgan fingerprint density at radius 2 is 2.27 bits per heavy atom. The van der Waals surface area contributed by atoms with E-state index in [0.717, 1.165) is 25.1 Å². The second-order valence-corrected chi connectivity index (χ2v) is 4.42. The molecular weight excluding hydrogens is 190 g/mol. The maximum atomic E-state index is 11.7. The van der Waals surface area contributed by atoms with Crippen molar-refractivity contribution in [3.05, 3.63) is 23.0 Å². The Morgan fingerprint density at radius 1 is 1.40 bits per heavy atom. The number of amides is 1. The van der Waals surface area contributed by atoms with E-state index in [1.807, 2.05) is 18.3 Å². The first-order chi connectivity index (χ1) is 7.25. The zero-order valence-electron chi connectivity index (χ0n) is 8.92. The lowest BCUT2D eigenvalue weighted by Gasteiger charge is -2.24. The highest BCUT2D eigenvalue weighted by Crippen LogP contribution is 2.26. The van der Waals surface area contributed by atoms with Gasteiger partial charge >= 0.3 is 0 Å². The van der Waals surface area contributed by atoms with Crippen molar-refractivity contribution in [3.63, 3.8) is 0 Å². The van der Waals surface area contributed by atoms with Gasteiger partial charge in [0.15, 0.2) is 0 Å². The Bertz CT molecular complexity index is 422. The molecule has 2 aliphatic heterocycles. The predicted octanol–water partition coefficient (Wildman–Crippen LogP) is 0.915. The fourth-order valence-corrected chi connectivity index (χ4v) is 2.59. The highest BCUT2D eigenvalue weighted by molar-refractivity contribution is 5.96. The minimum Gasteiger partial charge on any atom is -0.350 e. The van der Waals surface area contributed by atoms with E-state index in [-0.39, 0.29) is 5.91 Å². The average Bonchev–Trinajstić information content (AvgIpc) is 2.57. The smallest absolute Gasteiger partial charge is 0.267 e. The Labute approximate surface area is 88.8 Å². The normalized spacial score (nSPS) is 20.7. The monoisotopic (exact) mass is 205 g/mol. The van der Waals surface area contributed by atoms with Crippen LogP contribution in [0.25, 0.3) is 0 Å². The number of aromatic nitrogens is 1. The lowest BCUT2D eigenvalue weighted by Crippen LogP contribution is -2.43. The van der Waals surface area contributed by atoms with Crippen molar-refractivity contribution in [3.8, 4) is 0 Å².